The normalized spacial score (nSPS) is 27.7. The summed E-state index contributed by atoms with van der Waals surface area (Å²) in [7, 11) is 0. The van der Waals surface area contributed by atoms with Gasteiger partial charge in [0.25, 0.3) is 13.0 Å². The van der Waals surface area contributed by atoms with Crippen molar-refractivity contribution in [3.05, 3.63) is 0 Å². The molecule has 76 valence electrons. The minimum atomic E-state index is -0.808. The van der Waals surface area contributed by atoms with E-state index in [2.05, 4.69) is 0 Å². The molecule has 13 heavy (non-hydrogen) atoms. The van der Waals surface area contributed by atoms with Gasteiger partial charge in [0.1, 0.15) is 0 Å². The van der Waals surface area contributed by atoms with Crippen LogP contribution < -0.4 is 0 Å². The lowest BCUT2D eigenvalue weighted by molar-refractivity contribution is -0.471. The molecule has 0 aromatic rings. The van der Waals surface area contributed by atoms with E-state index in [0.29, 0.717) is 0 Å². The molecule has 0 spiro atoms. The highest BCUT2D eigenvalue weighted by molar-refractivity contribution is 4.30. The molecule has 0 aromatic heterocycles. The maximum absolute atomic E-state index is 5.08. The first-order chi connectivity index (χ1) is 6.45. The first kappa shape index (κ1) is 9.28. The Bertz CT molecular complexity index is 124. The molecule has 0 aliphatic carbocycles. The molecule has 0 amide bonds. The summed E-state index contributed by atoms with van der Waals surface area (Å²) in [6, 6.07) is 0. The Balaban J connectivity index is 1.69. The van der Waals surface area contributed by atoms with Crippen LogP contribution in [-0.4, -0.2) is 40.1 Å². The van der Waals surface area contributed by atoms with E-state index in [1.54, 1.807) is 0 Å². The summed E-state index contributed by atoms with van der Waals surface area (Å²) in [6.07, 6.45) is 0. The first-order valence-corrected chi connectivity index (χ1v) is 3.72. The van der Waals surface area contributed by atoms with Gasteiger partial charge in [0.2, 0.25) is 0 Å². The second-order valence-corrected chi connectivity index (χ2v) is 2.26. The van der Waals surface area contributed by atoms with Crippen LogP contribution >= 0.6 is 0 Å². The molecule has 7 nitrogen and oxygen atoms in total. The van der Waals surface area contributed by atoms with Crippen LogP contribution in [0.2, 0.25) is 0 Å². The Morgan fingerprint density at radius 1 is 0.692 bits per heavy atom. The smallest absolute Gasteiger partial charge is 0.279 e. The van der Waals surface area contributed by atoms with Crippen molar-refractivity contribution in [3.63, 3.8) is 0 Å². The fourth-order valence-corrected chi connectivity index (χ4v) is 0.827. The maximum atomic E-state index is 5.08. The van der Waals surface area contributed by atoms with Crippen LogP contribution in [-0.2, 0) is 33.2 Å². The van der Waals surface area contributed by atoms with Gasteiger partial charge >= 0.3 is 0 Å². The Labute approximate surface area is 74.3 Å². The second-order valence-electron chi connectivity index (χ2n) is 2.26. The summed E-state index contributed by atoms with van der Waals surface area (Å²) in [5.74, 6) is 0. The third-order valence-electron chi connectivity index (χ3n) is 1.37. The van der Waals surface area contributed by atoms with Crippen molar-refractivity contribution in [2.75, 3.05) is 27.2 Å². The van der Waals surface area contributed by atoms with Gasteiger partial charge in [-0.3, -0.25) is 4.74 Å². The van der Waals surface area contributed by atoms with Crippen molar-refractivity contribution in [3.8, 4) is 0 Å². The highest BCUT2D eigenvalue weighted by Gasteiger charge is 2.23. The van der Waals surface area contributed by atoms with Crippen molar-refractivity contribution in [1.82, 2.24) is 0 Å². The standard InChI is InChI=1S/C6H10O7/c1-7-2-10-5(9-1)13-6-11-3-8-4-12-6/h5-6H,1-4H2. The summed E-state index contributed by atoms with van der Waals surface area (Å²) >= 11 is 0. The van der Waals surface area contributed by atoms with Crippen molar-refractivity contribution in [1.29, 1.82) is 0 Å². The zero-order valence-electron chi connectivity index (χ0n) is 6.84. The lowest BCUT2D eigenvalue weighted by Gasteiger charge is -2.28. The summed E-state index contributed by atoms with van der Waals surface area (Å²) < 4.78 is 34.3. The predicted molar refractivity (Wildman–Crippen MR) is 34.6 cm³/mol. The molecule has 2 fully saturated rings. The zero-order chi connectivity index (χ0) is 8.93. The summed E-state index contributed by atoms with van der Waals surface area (Å²) in [5, 5.41) is 0. The van der Waals surface area contributed by atoms with Gasteiger partial charge in [0, 0.05) is 0 Å². The maximum Gasteiger partial charge on any atom is 0.279 e. The quantitative estimate of drug-likeness (QED) is 0.588. The summed E-state index contributed by atoms with van der Waals surface area (Å²) in [6.45, 7) is -1.09. The van der Waals surface area contributed by atoms with Gasteiger partial charge in [-0.25, -0.2) is 0 Å². The van der Waals surface area contributed by atoms with Gasteiger partial charge in [0.05, 0.1) is 0 Å². The molecule has 0 N–H and O–H groups in total. The van der Waals surface area contributed by atoms with Crippen LogP contribution in [0, 0.1) is 0 Å². The summed E-state index contributed by atoms with van der Waals surface area (Å²) in [5.41, 5.74) is 0. The van der Waals surface area contributed by atoms with E-state index in [-0.39, 0.29) is 27.2 Å². The Hall–Kier alpha value is -0.280. The number of hydrogen-bond donors (Lipinski definition) is 0. The largest absolute Gasteiger partial charge is 0.329 e. The van der Waals surface area contributed by atoms with Crippen molar-refractivity contribution in [2.24, 2.45) is 0 Å². The fourth-order valence-electron chi connectivity index (χ4n) is 0.827. The molecular formula is C6H10O7. The Morgan fingerprint density at radius 2 is 1.08 bits per heavy atom. The molecule has 0 aromatic carbocycles. The van der Waals surface area contributed by atoms with Crippen LogP contribution in [0.5, 0.6) is 0 Å². The van der Waals surface area contributed by atoms with Gasteiger partial charge in [-0.05, 0) is 0 Å². The van der Waals surface area contributed by atoms with Crippen molar-refractivity contribution in [2.45, 2.75) is 13.0 Å². The molecule has 0 bridgehead atoms. The van der Waals surface area contributed by atoms with E-state index in [1.165, 1.54) is 0 Å². The van der Waals surface area contributed by atoms with E-state index in [0.717, 1.165) is 0 Å². The molecule has 2 aliphatic heterocycles. The van der Waals surface area contributed by atoms with Gasteiger partial charge in [-0.1, -0.05) is 0 Å². The van der Waals surface area contributed by atoms with Crippen molar-refractivity contribution >= 4 is 0 Å². The molecule has 2 rings (SSSR count). The second kappa shape index (κ2) is 4.82. The van der Waals surface area contributed by atoms with Crippen LogP contribution in [0.3, 0.4) is 0 Å². The highest BCUT2D eigenvalue weighted by atomic mass is 17.0. The average Bonchev–Trinajstić information content (AvgIpc) is 2.21. The zero-order valence-corrected chi connectivity index (χ0v) is 6.84. The molecule has 7 heteroatoms. The SMILES string of the molecule is C1OCOC(OC2OCOCO2)O1. The molecule has 0 atom stereocenters. The Morgan fingerprint density at radius 3 is 1.46 bits per heavy atom. The molecule has 2 aliphatic rings. The molecule has 2 heterocycles. The average molecular weight is 194 g/mol. The van der Waals surface area contributed by atoms with Crippen LogP contribution in [0.15, 0.2) is 0 Å². The lowest BCUT2D eigenvalue weighted by Crippen LogP contribution is -2.37. The highest BCUT2D eigenvalue weighted by Crippen LogP contribution is 2.11. The van der Waals surface area contributed by atoms with E-state index in [4.69, 9.17) is 33.2 Å². The van der Waals surface area contributed by atoms with Crippen molar-refractivity contribution < 1.29 is 33.2 Å². The van der Waals surface area contributed by atoms with Gasteiger partial charge in [0.15, 0.2) is 27.2 Å². The minimum absolute atomic E-state index is 0.133. The van der Waals surface area contributed by atoms with Gasteiger partial charge in [-0.2, -0.15) is 0 Å². The van der Waals surface area contributed by atoms with Crippen LogP contribution in [0.4, 0.5) is 0 Å². The monoisotopic (exact) mass is 194 g/mol. The topological polar surface area (TPSA) is 64.6 Å². The number of hydrogen-bond acceptors (Lipinski definition) is 7. The van der Waals surface area contributed by atoms with Crippen LogP contribution in [0.25, 0.3) is 0 Å². The van der Waals surface area contributed by atoms with Gasteiger partial charge in [-0.15, -0.1) is 0 Å². The first-order valence-electron chi connectivity index (χ1n) is 3.72. The minimum Gasteiger partial charge on any atom is -0.329 e. The summed E-state index contributed by atoms with van der Waals surface area (Å²) in [4.78, 5) is 0. The molecular weight excluding hydrogens is 184 g/mol. The van der Waals surface area contributed by atoms with Gasteiger partial charge < -0.3 is 28.4 Å². The third kappa shape index (κ3) is 2.85. The molecule has 0 radical (unpaired) electrons. The van der Waals surface area contributed by atoms with E-state index in [9.17, 15) is 0 Å². The number of ether oxygens (including phenoxy) is 7. The van der Waals surface area contributed by atoms with Crippen LogP contribution in [0.1, 0.15) is 0 Å². The Kier molecular flexibility index (Phi) is 3.44. The van der Waals surface area contributed by atoms with E-state index < -0.39 is 13.0 Å². The predicted octanol–water partition coefficient (Wildman–Crippen LogP) is -0.473. The molecule has 0 saturated carbocycles. The molecule has 2 saturated heterocycles. The molecule has 0 unspecified atom stereocenters. The number of rotatable bonds is 2. The van der Waals surface area contributed by atoms with E-state index in [1.807, 2.05) is 0 Å². The third-order valence-corrected chi connectivity index (χ3v) is 1.37. The van der Waals surface area contributed by atoms with E-state index >= 15 is 0 Å². The lowest BCUT2D eigenvalue weighted by atomic mass is 11.0. The fraction of sp³-hybridized carbons (Fsp3) is 1.00.